The van der Waals surface area contributed by atoms with Gasteiger partial charge in [-0.05, 0) is 74.4 Å². The molecule has 9 nitrogen and oxygen atoms in total. The molecule has 9 heteroatoms. The monoisotopic (exact) mass is 541 g/mol. The molecule has 1 saturated heterocycles. The molecule has 0 spiro atoms. The number of imide groups is 1. The van der Waals surface area contributed by atoms with Crippen LogP contribution in [0.2, 0.25) is 0 Å². The van der Waals surface area contributed by atoms with Crippen molar-refractivity contribution in [3.8, 4) is 5.75 Å². The lowest BCUT2D eigenvalue weighted by molar-refractivity contribution is -0.123. The molecular weight excluding hydrogens is 498 g/mol. The van der Waals surface area contributed by atoms with E-state index in [1.807, 2.05) is 12.1 Å². The van der Waals surface area contributed by atoms with Crippen molar-refractivity contribution < 1.29 is 29.6 Å². The number of aliphatic hydroxyl groups is 2. The van der Waals surface area contributed by atoms with Crippen molar-refractivity contribution in [2.75, 3.05) is 26.3 Å². The minimum atomic E-state index is -0.900. The summed E-state index contributed by atoms with van der Waals surface area (Å²) in [7, 11) is 0. The quantitative estimate of drug-likeness (QED) is 0.126. The van der Waals surface area contributed by atoms with E-state index in [1.165, 1.54) is 11.6 Å². The molecule has 0 radical (unpaired) electrons. The van der Waals surface area contributed by atoms with Gasteiger partial charge < -0.3 is 30.7 Å². The average molecular weight is 542 g/mol. The Morgan fingerprint density at radius 2 is 1.72 bits per heavy atom. The summed E-state index contributed by atoms with van der Waals surface area (Å²) >= 11 is 0. The fraction of sp³-hybridized carbons (Fsp3) is 0.533. The molecule has 2 aromatic carbocycles. The number of hydrogen-bond donors (Lipinski definition) is 6. The normalized spacial score (nSPS) is 17.7. The molecule has 6 N–H and O–H groups in total. The number of nitrogens with one attached hydrogen (secondary N) is 3. The highest BCUT2D eigenvalue weighted by Crippen LogP contribution is 2.22. The van der Waals surface area contributed by atoms with Crippen molar-refractivity contribution >= 4 is 11.9 Å². The van der Waals surface area contributed by atoms with Gasteiger partial charge >= 0.3 is 6.03 Å². The molecule has 0 aromatic heterocycles. The lowest BCUT2D eigenvalue weighted by atomic mass is 9.92. The Kier molecular flexibility index (Phi) is 12.2. The molecule has 3 amide bonds. The van der Waals surface area contributed by atoms with Gasteiger partial charge in [0.1, 0.15) is 11.3 Å². The summed E-state index contributed by atoms with van der Waals surface area (Å²) in [5, 5.41) is 37.4. The zero-order valence-corrected chi connectivity index (χ0v) is 22.9. The van der Waals surface area contributed by atoms with E-state index in [0.29, 0.717) is 24.1 Å². The van der Waals surface area contributed by atoms with Crippen LogP contribution in [0.1, 0.15) is 73.8 Å². The van der Waals surface area contributed by atoms with Gasteiger partial charge in [-0.2, -0.15) is 0 Å². The number of urea groups is 1. The molecule has 0 unspecified atom stereocenters. The van der Waals surface area contributed by atoms with Crippen LogP contribution >= 0.6 is 0 Å². The Hall–Kier alpha value is -2.98. The molecular formula is C30H43N3O6. The Labute approximate surface area is 231 Å². The van der Waals surface area contributed by atoms with E-state index in [0.717, 1.165) is 70.3 Å². The average Bonchev–Trinajstić information content (AvgIpc) is 3.17. The summed E-state index contributed by atoms with van der Waals surface area (Å²) in [6.45, 7) is 4.25. The maximum atomic E-state index is 12.1. The number of carbonyl (C=O) groups excluding carboxylic acids is 2. The Bertz CT molecular complexity index is 1080. The van der Waals surface area contributed by atoms with Crippen LogP contribution in [0.15, 0.2) is 42.5 Å². The SMILES string of the molecule is C[C@]1(Cc2cccc(CCCCOCCCCCCNC[C@@H](O)c3ccc(O)c(CO)c3)c2)NC(=O)NC1=O. The summed E-state index contributed by atoms with van der Waals surface area (Å²) in [6.07, 6.45) is 7.02. The first-order valence-corrected chi connectivity index (χ1v) is 13.9. The topological polar surface area (TPSA) is 140 Å². The third-order valence-corrected chi connectivity index (χ3v) is 7.06. The number of phenols is 1. The van der Waals surface area contributed by atoms with Gasteiger partial charge in [-0.25, -0.2) is 4.79 Å². The van der Waals surface area contributed by atoms with Gasteiger partial charge in [-0.15, -0.1) is 0 Å². The minimum absolute atomic E-state index is 0.0354. The van der Waals surface area contributed by atoms with Crippen LogP contribution in [0, 0.1) is 0 Å². The highest BCUT2D eigenvalue weighted by molar-refractivity contribution is 6.06. The predicted octanol–water partition coefficient (Wildman–Crippen LogP) is 3.25. The lowest BCUT2D eigenvalue weighted by Gasteiger charge is -2.20. The van der Waals surface area contributed by atoms with Gasteiger partial charge in [-0.3, -0.25) is 10.1 Å². The summed E-state index contributed by atoms with van der Waals surface area (Å²) in [4.78, 5) is 23.5. The summed E-state index contributed by atoms with van der Waals surface area (Å²) in [6, 6.07) is 12.5. The molecule has 1 aliphatic rings. The van der Waals surface area contributed by atoms with E-state index in [4.69, 9.17) is 4.74 Å². The van der Waals surface area contributed by atoms with Crippen molar-refractivity contribution in [2.24, 2.45) is 0 Å². The zero-order valence-electron chi connectivity index (χ0n) is 22.9. The lowest BCUT2D eigenvalue weighted by Crippen LogP contribution is -2.45. The first-order chi connectivity index (χ1) is 18.8. The van der Waals surface area contributed by atoms with Gasteiger partial charge in [-0.1, -0.05) is 43.2 Å². The highest BCUT2D eigenvalue weighted by atomic mass is 16.5. The van der Waals surface area contributed by atoms with Crippen LogP contribution in [-0.4, -0.2) is 59.1 Å². The first kappa shape index (κ1) is 30.6. The molecule has 0 saturated carbocycles. The molecule has 0 aliphatic carbocycles. The maximum Gasteiger partial charge on any atom is 0.322 e. The number of ether oxygens (including phenoxy) is 1. The molecule has 1 fully saturated rings. The Morgan fingerprint density at radius 3 is 2.46 bits per heavy atom. The summed E-state index contributed by atoms with van der Waals surface area (Å²) in [5.74, 6) is -0.250. The standard InChI is InChI=1S/C30H43N3O6/c1-30(28(37)32-29(38)33-30)19-23-11-8-10-22(17-23)9-4-7-16-39-15-6-3-2-5-14-31-20-27(36)24-12-13-26(35)25(18-24)21-34/h8,10-13,17-18,27,31,34-36H,2-7,9,14-16,19-21H2,1H3,(H2,32,33,37,38)/t27-,30-/m1/s1. The van der Waals surface area contributed by atoms with Crippen molar-refractivity contribution in [1.29, 1.82) is 0 Å². The number of aryl methyl sites for hydroxylation is 1. The highest BCUT2D eigenvalue weighted by Gasteiger charge is 2.41. The number of hydrogen-bond acceptors (Lipinski definition) is 7. The minimum Gasteiger partial charge on any atom is -0.508 e. The van der Waals surface area contributed by atoms with E-state index in [-0.39, 0.29) is 18.3 Å². The van der Waals surface area contributed by atoms with Crippen LogP contribution in [0.5, 0.6) is 5.75 Å². The molecule has 2 atom stereocenters. The number of benzene rings is 2. The molecule has 39 heavy (non-hydrogen) atoms. The Balaban J connectivity index is 1.17. The van der Waals surface area contributed by atoms with Crippen LogP contribution in [-0.2, 0) is 29.0 Å². The maximum absolute atomic E-state index is 12.1. The van der Waals surface area contributed by atoms with Gasteiger partial charge in [0.2, 0.25) is 0 Å². The fourth-order valence-electron chi connectivity index (χ4n) is 4.75. The number of carbonyl (C=O) groups is 2. The molecule has 0 bridgehead atoms. The number of amides is 3. The van der Waals surface area contributed by atoms with Crippen molar-refractivity contribution in [3.05, 3.63) is 64.7 Å². The van der Waals surface area contributed by atoms with Gasteiger partial charge in [0.05, 0.1) is 12.7 Å². The van der Waals surface area contributed by atoms with Crippen molar-refractivity contribution in [2.45, 2.75) is 76.5 Å². The van der Waals surface area contributed by atoms with Crippen LogP contribution < -0.4 is 16.0 Å². The molecule has 1 aliphatic heterocycles. The zero-order chi connectivity index (χ0) is 28.1. The number of rotatable bonds is 18. The number of aliphatic hydroxyl groups excluding tert-OH is 2. The van der Waals surface area contributed by atoms with E-state index < -0.39 is 17.7 Å². The van der Waals surface area contributed by atoms with Crippen LogP contribution in [0.4, 0.5) is 4.79 Å². The summed E-state index contributed by atoms with van der Waals surface area (Å²) < 4.78 is 5.79. The van der Waals surface area contributed by atoms with Gasteiger partial charge in [0.25, 0.3) is 5.91 Å². The van der Waals surface area contributed by atoms with Crippen LogP contribution in [0.25, 0.3) is 0 Å². The van der Waals surface area contributed by atoms with Gasteiger partial charge in [0, 0.05) is 31.7 Å². The van der Waals surface area contributed by atoms with Crippen LogP contribution in [0.3, 0.4) is 0 Å². The molecule has 1 heterocycles. The predicted molar refractivity (Wildman–Crippen MR) is 149 cm³/mol. The Morgan fingerprint density at radius 1 is 0.974 bits per heavy atom. The van der Waals surface area contributed by atoms with E-state index >= 15 is 0 Å². The summed E-state index contributed by atoms with van der Waals surface area (Å²) in [5.41, 5.74) is 2.45. The molecule has 2 aromatic rings. The molecule has 214 valence electrons. The molecule has 3 rings (SSSR count). The van der Waals surface area contributed by atoms with E-state index in [2.05, 4.69) is 28.1 Å². The van der Waals surface area contributed by atoms with E-state index in [1.54, 1.807) is 19.1 Å². The third kappa shape index (κ3) is 9.93. The second-order valence-electron chi connectivity index (χ2n) is 10.5. The third-order valence-electron chi connectivity index (χ3n) is 7.06. The first-order valence-electron chi connectivity index (χ1n) is 13.9. The number of aromatic hydroxyl groups is 1. The smallest absolute Gasteiger partial charge is 0.322 e. The van der Waals surface area contributed by atoms with Crippen molar-refractivity contribution in [1.82, 2.24) is 16.0 Å². The van der Waals surface area contributed by atoms with Crippen molar-refractivity contribution in [3.63, 3.8) is 0 Å². The second kappa shape index (κ2) is 15.6. The second-order valence-corrected chi connectivity index (χ2v) is 10.5. The fourth-order valence-corrected chi connectivity index (χ4v) is 4.75. The number of unbranched alkanes of at least 4 members (excludes halogenated alkanes) is 4. The largest absolute Gasteiger partial charge is 0.508 e. The van der Waals surface area contributed by atoms with E-state index in [9.17, 15) is 24.9 Å². The van der Waals surface area contributed by atoms with Gasteiger partial charge in [0.15, 0.2) is 0 Å².